The monoisotopic (exact) mass is 548 g/mol. The first kappa shape index (κ1) is 22.3. The summed E-state index contributed by atoms with van der Waals surface area (Å²) in [6.07, 6.45) is 6.83. The van der Waals surface area contributed by atoms with Crippen LogP contribution in [-0.2, 0) is 4.79 Å². The predicted molar refractivity (Wildman–Crippen MR) is 128 cm³/mol. The number of aromatic hydroxyl groups is 1. The molecular weight excluding hydrogens is 525 g/mol. The molecule has 1 fully saturated rings. The van der Waals surface area contributed by atoms with Gasteiger partial charge in [0, 0.05) is 11.5 Å². The summed E-state index contributed by atoms with van der Waals surface area (Å²) in [5.41, 5.74) is 1.21. The number of rotatable bonds is 6. The van der Waals surface area contributed by atoms with Gasteiger partial charge in [0.15, 0.2) is 5.56 Å². The molecule has 0 unspecified atom stereocenters. The Hall–Kier alpha value is -2.95. The van der Waals surface area contributed by atoms with Crippen molar-refractivity contribution in [1.29, 1.82) is 0 Å². The number of benzene rings is 1. The van der Waals surface area contributed by atoms with E-state index in [1.807, 2.05) is 30.3 Å². The zero-order valence-electron chi connectivity index (χ0n) is 17.3. The summed E-state index contributed by atoms with van der Waals surface area (Å²) in [4.78, 5) is 41.4. The van der Waals surface area contributed by atoms with E-state index in [4.69, 9.17) is 5.11 Å². The number of allylic oxidation sites excluding steroid dienone is 2. The Balaban J connectivity index is 1.92. The normalized spacial score (nSPS) is 16.1. The van der Waals surface area contributed by atoms with E-state index < -0.39 is 35.4 Å². The minimum absolute atomic E-state index is 0.0212. The van der Waals surface area contributed by atoms with Gasteiger partial charge >= 0.3 is 5.97 Å². The average molecular weight is 548 g/mol. The number of hydrogen-bond acceptors (Lipinski definition) is 5. The summed E-state index contributed by atoms with van der Waals surface area (Å²) in [6.45, 7) is -0.667. The van der Waals surface area contributed by atoms with Crippen molar-refractivity contribution in [1.82, 2.24) is 14.9 Å². The minimum Gasteiger partial charge on any atom is -0.493 e. The number of carboxylic acid groups (broad SMARTS) is 1. The molecule has 4 rings (SSSR count). The van der Waals surface area contributed by atoms with Gasteiger partial charge in [-0.25, -0.2) is 0 Å². The fourth-order valence-corrected chi connectivity index (χ4v) is 5.88. The van der Waals surface area contributed by atoms with Crippen LogP contribution in [-0.4, -0.2) is 38.2 Å². The van der Waals surface area contributed by atoms with E-state index in [2.05, 4.69) is 18.5 Å². The number of nitrogens with zero attached hydrogens (tertiary/aromatic N) is 2. The maximum atomic E-state index is 13.6. The summed E-state index contributed by atoms with van der Waals surface area (Å²) in [6, 6.07) is 7.45. The highest BCUT2D eigenvalue weighted by atomic mass is 127. The first-order chi connectivity index (χ1) is 15.5. The number of hydrogen-bond donors (Lipinski definition) is 3. The van der Waals surface area contributed by atoms with E-state index in [-0.39, 0.29) is 27.1 Å². The quantitative estimate of drug-likeness (QED) is 0.474. The lowest BCUT2D eigenvalue weighted by Gasteiger charge is -2.25. The van der Waals surface area contributed by atoms with E-state index in [0.717, 1.165) is 43.2 Å². The van der Waals surface area contributed by atoms with Gasteiger partial charge in [0.05, 0.1) is 5.69 Å². The lowest BCUT2D eigenvalue weighted by molar-refractivity contribution is -0.135. The molecular formula is C23H23IN3O5. The van der Waals surface area contributed by atoms with Crippen LogP contribution in [0.3, 0.4) is 0 Å². The molecule has 32 heavy (non-hydrogen) atoms. The van der Waals surface area contributed by atoms with E-state index in [9.17, 15) is 19.5 Å². The number of carbonyl (C=O) groups is 2. The lowest BCUT2D eigenvalue weighted by atomic mass is 9.88. The molecule has 1 aliphatic carbocycles. The molecule has 1 saturated carbocycles. The largest absolute Gasteiger partial charge is 0.493 e. The van der Waals surface area contributed by atoms with Gasteiger partial charge in [0.25, 0.3) is 11.5 Å². The van der Waals surface area contributed by atoms with Gasteiger partial charge in [-0.05, 0) is 38.7 Å². The van der Waals surface area contributed by atoms with Crippen molar-refractivity contribution in [3.05, 3.63) is 65.8 Å². The Morgan fingerprint density at radius 1 is 1.19 bits per heavy atom. The second-order valence-electron chi connectivity index (χ2n) is 7.72. The van der Waals surface area contributed by atoms with E-state index in [1.54, 1.807) is 0 Å². The van der Waals surface area contributed by atoms with E-state index >= 15 is 0 Å². The van der Waals surface area contributed by atoms with Gasteiger partial charge in [-0.1, -0.05) is 58.7 Å². The van der Waals surface area contributed by atoms with Crippen molar-refractivity contribution >= 4 is 38.7 Å². The van der Waals surface area contributed by atoms with Crippen LogP contribution < -0.4 is 10.9 Å². The Morgan fingerprint density at radius 2 is 1.94 bits per heavy atom. The Bertz CT molecular complexity index is 1180. The van der Waals surface area contributed by atoms with Crippen LogP contribution >= 0.6 is 21.2 Å². The Morgan fingerprint density at radius 3 is 2.62 bits per heavy atom. The molecule has 3 N–H and O–H groups in total. The third-order valence-corrected chi connectivity index (χ3v) is 7.44. The first-order valence-electron chi connectivity index (χ1n) is 10.4. The van der Waals surface area contributed by atoms with Crippen molar-refractivity contribution in [2.45, 2.75) is 38.0 Å². The zero-order chi connectivity index (χ0) is 22.7. The summed E-state index contributed by atoms with van der Waals surface area (Å²) in [5, 5.41) is 21.6. The van der Waals surface area contributed by atoms with Crippen LogP contribution in [0.1, 0.15) is 59.8 Å². The van der Waals surface area contributed by atoms with Gasteiger partial charge in [0.2, 0.25) is 5.88 Å². The van der Waals surface area contributed by atoms with Crippen LogP contribution in [0.25, 0.3) is 11.3 Å². The molecule has 0 spiro atoms. The number of carbonyl (C=O) groups excluding carboxylic acids is 1. The van der Waals surface area contributed by atoms with Crippen molar-refractivity contribution in [2.75, 3.05) is 6.54 Å². The molecule has 8 nitrogen and oxygen atoms in total. The number of halogens is 1. The highest BCUT2D eigenvalue weighted by Crippen LogP contribution is 2.37. The third-order valence-electron chi connectivity index (χ3n) is 5.64. The zero-order valence-corrected chi connectivity index (χ0v) is 19.4. The first-order valence-corrected chi connectivity index (χ1v) is 12.9. The van der Waals surface area contributed by atoms with Crippen LogP contribution in [0, 0.1) is 0 Å². The van der Waals surface area contributed by atoms with Crippen LogP contribution in [0.2, 0.25) is 0 Å². The average Bonchev–Trinajstić information content (AvgIpc) is 3.33. The number of aliphatic carboxylic acids is 1. The third kappa shape index (κ3) is 4.47. The van der Waals surface area contributed by atoms with Gasteiger partial charge in [0.1, 0.15) is 12.4 Å². The molecule has 0 atom stereocenters. The molecule has 9 heteroatoms. The summed E-state index contributed by atoms with van der Waals surface area (Å²) >= 11 is -0.174. The highest BCUT2D eigenvalue weighted by molar-refractivity contribution is 14.2. The second kappa shape index (κ2) is 9.68. The van der Waals surface area contributed by atoms with E-state index in [1.165, 1.54) is 4.57 Å². The maximum absolute atomic E-state index is 13.6. The number of amides is 1. The molecule has 0 bridgehead atoms. The molecule has 1 aromatic carbocycles. The predicted octanol–water partition coefficient (Wildman–Crippen LogP) is 3.64. The van der Waals surface area contributed by atoms with Crippen molar-refractivity contribution < 1.29 is 19.8 Å². The Labute approximate surface area is 194 Å². The molecule has 1 aliphatic heterocycles. The smallest absolute Gasteiger partial charge is 0.322 e. The second-order valence-corrected chi connectivity index (χ2v) is 9.78. The van der Waals surface area contributed by atoms with Gasteiger partial charge in [-0.2, -0.15) is 4.98 Å². The topological polar surface area (TPSA) is 122 Å². The SMILES string of the molecule is O=C(O)CNC(=O)c1c(O)nc(C2CCCCC2)n(-c2ccccc2C2=C[I]C=C2)c1=O. The van der Waals surface area contributed by atoms with E-state index in [0.29, 0.717) is 11.5 Å². The maximum Gasteiger partial charge on any atom is 0.322 e. The molecule has 2 aromatic rings. The molecule has 2 aliphatic rings. The van der Waals surface area contributed by atoms with Crippen molar-refractivity contribution in [3.63, 3.8) is 0 Å². The van der Waals surface area contributed by atoms with Crippen LogP contribution in [0.5, 0.6) is 5.88 Å². The number of aromatic nitrogens is 2. The molecule has 2 heterocycles. The van der Waals surface area contributed by atoms with Crippen molar-refractivity contribution in [3.8, 4) is 11.6 Å². The Kier molecular flexibility index (Phi) is 6.73. The molecule has 0 saturated heterocycles. The summed E-state index contributed by atoms with van der Waals surface area (Å²) in [7, 11) is 0. The van der Waals surface area contributed by atoms with Crippen LogP contribution in [0.15, 0.2) is 43.3 Å². The van der Waals surface area contributed by atoms with Gasteiger partial charge < -0.3 is 15.5 Å². The summed E-state index contributed by atoms with van der Waals surface area (Å²) < 4.78 is 5.74. The number of carboxylic acids is 1. The lowest BCUT2D eigenvalue weighted by Crippen LogP contribution is -2.37. The molecule has 1 aromatic heterocycles. The molecule has 167 valence electrons. The minimum atomic E-state index is -1.25. The summed E-state index contributed by atoms with van der Waals surface area (Å²) in [5.74, 6) is -2.47. The van der Waals surface area contributed by atoms with Crippen LogP contribution in [0.4, 0.5) is 0 Å². The van der Waals surface area contributed by atoms with Gasteiger partial charge in [-0.3, -0.25) is 19.0 Å². The van der Waals surface area contributed by atoms with Crippen molar-refractivity contribution in [2.24, 2.45) is 0 Å². The number of para-hydroxylation sites is 1. The molecule has 1 amide bonds. The standard InChI is InChI=1S/C23H23IN3O5/c28-18(29)13-25-21(30)19-22(31)26-20(14-6-2-1-3-7-14)27(23(19)32)17-9-5-4-8-16(17)15-10-11-24-12-15/h4-5,8-12,14,31H,1-3,6-7,13H2,(H,25,30)(H,28,29). The van der Waals surface area contributed by atoms with Gasteiger partial charge in [-0.15, -0.1) is 0 Å². The highest BCUT2D eigenvalue weighted by Gasteiger charge is 2.29. The number of nitrogens with one attached hydrogen (secondary N) is 1. The fourth-order valence-electron chi connectivity index (χ4n) is 4.14. The molecule has 1 radical (unpaired) electrons. The fraction of sp³-hybridized carbons (Fsp3) is 0.304.